The molecule has 2 aromatic rings. The third kappa shape index (κ3) is 3.87. The molecule has 2 N–H and O–H groups in total. The minimum Gasteiger partial charge on any atom is -0.496 e. The fraction of sp³-hybridized carbons (Fsp3) is 0.450. The molecule has 0 saturated carbocycles. The first kappa shape index (κ1) is 17.5. The van der Waals surface area contributed by atoms with Crippen molar-refractivity contribution in [3.8, 4) is 5.75 Å². The van der Waals surface area contributed by atoms with E-state index >= 15 is 0 Å². The van der Waals surface area contributed by atoms with Gasteiger partial charge in [0.25, 0.3) is 0 Å². The van der Waals surface area contributed by atoms with E-state index in [1.807, 2.05) is 18.2 Å². The maximum absolute atomic E-state index is 12.4. The van der Waals surface area contributed by atoms with Gasteiger partial charge in [0.2, 0.25) is 0 Å². The van der Waals surface area contributed by atoms with Gasteiger partial charge < -0.3 is 20.1 Å². The standard InChI is InChI=1S/C20H26N2O3/c1-25-19-10-9-15-6-2-3-8-17(15)18(19)11-12-21-20(24)22-13-5-4-7-16(22)14-23/h2-3,6,8-10,16,23H,4-5,7,11-14H2,1H3,(H,21,24)/t16-/m0/s1. The van der Waals surface area contributed by atoms with E-state index in [2.05, 4.69) is 23.5 Å². The molecule has 2 aromatic carbocycles. The highest BCUT2D eigenvalue weighted by atomic mass is 16.5. The summed E-state index contributed by atoms with van der Waals surface area (Å²) in [6.45, 7) is 1.29. The van der Waals surface area contributed by atoms with Gasteiger partial charge in [0.15, 0.2) is 0 Å². The van der Waals surface area contributed by atoms with E-state index < -0.39 is 0 Å². The van der Waals surface area contributed by atoms with Crippen LogP contribution in [-0.4, -0.2) is 48.9 Å². The smallest absolute Gasteiger partial charge is 0.317 e. The van der Waals surface area contributed by atoms with Crippen molar-refractivity contribution in [2.75, 3.05) is 26.8 Å². The Morgan fingerprint density at radius 2 is 2.12 bits per heavy atom. The molecule has 1 fully saturated rings. The summed E-state index contributed by atoms with van der Waals surface area (Å²) in [5.74, 6) is 0.846. The van der Waals surface area contributed by atoms with E-state index in [4.69, 9.17) is 4.74 Å². The van der Waals surface area contributed by atoms with Gasteiger partial charge in [-0.05, 0) is 42.5 Å². The zero-order valence-corrected chi connectivity index (χ0v) is 14.7. The number of hydrogen-bond acceptors (Lipinski definition) is 3. The van der Waals surface area contributed by atoms with Gasteiger partial charge in [0, 0.05) is 18.7 Å². The number of nitrogens with one attached hydrogen (secondary N) is 1. The summed E-state index contributed by atoms with van der Waals surface area (Å²) in [4.78, 5) is 14.2. The largest absolute Gasteiger partial charge is 0.496 e. The van der Waals surface area contributed by atoms with E-state index in [0.717, 1.165) is 36.0 Å². The van der Waals surface area contributed by atoms with Gasteiger partial charge in [-0.25, -0.2) is 4.79 Å². The maximum Gasteiger partial charge on any atom is 0.317 e. The minimum absolute atomic E-state index is 0.0323. The van der Waals surface area contributed by atoms with Crippen molar-refractivity contribution in [3.63, 3.8) is 0 Å². The lowest BCUT2D eigenvalue weighted by atomic mass is 10.0. The number of fused-ring (bicyclic) bond motifs is 1. The quantitative estimate of drug-likeness (QED) is 0.878. The van der Waals surface area contributed by atoms with Crippen molar-refractivity contribution in [1.29, 1.82) is 0 Å². The lowest BCUT2D eigenvalue weighted by Gasteiger charge is -2.34. The highest BCUT2D eigenvalue weighted by Crippen LogP contribution is 2.28. The average Bonchev–Trinajstić information content (AvgIpc) is 2.67. The third-order valence-electron chi connectivity index (χ3n) is 4.97. The summed E-state index contributed by atoms with van der Waals surface area (Å²) in [5, 5.41) is 14.8. The van der Waals surface area contributed by atoms with Crippen LogP contribution in [0.15, 0.2) is 36.4 Å². The van der Waals surface area contributed by atoms with Crippen LogP contribution in [0.3, 0.4) is 0 Å². The molecule has 1 heterocycles. The zero-order chi connectivity index (χ0) is 17.6. The highest BCUT2D eigenvalue weighted by molar-refractivity contribution is 5.87. The van der Waals surface area contributed by atoms with Gasteiger partial charge in [0.05, 0.1) is 19.8 Å². The third-order valence-corrected chi connectivity index (χ3v) is 4.97. The number of aliphatic hydroxyl groups excluding tert-OH is 1. The molecule has 0 aliphatic carbocycles. The molecule has 1 aliphatic rings. The van der Waals surface area contributed by atoms with Crippen molar-refractivity contribution in [1.82, 2.24) is 10.2 Å². The number of piperidine rings is 1. The Hall–Kier alpha value is -2.27. The van der Waals surface area contributed by atoms with Crippen LogP contribution in [-0.2, 0) is 6.42 Å². The number of ether oxygens (including phenoxy) is 1. The van der Waals surface area contributed by atoms with Gasteiger partial charge in [-0.3, -0.25) is 0 Å². The van der Waals surface area contributed by atoms with E-state index in [-0.39, 0.29) is 18.7 Å². The molecule has 0 aromatic heterocycles. The van der Waals surface area contributed by atoms with Crippen LogP contribution < -0.4 is 10.1 Å². The van der Waals surface area contributed by atoms with Crippen LogP contribution in [0.1, 0.15) is 24.8 Å². The molecule has 2 amide bonds. The summed E-state index contributed by atoms with van der Waals surface area (Å²) >= 11 is 0. The van der Waals surface area contributed by atoms with Crippen molar-refractivity contribution in [2.45, 2.75) is 31.7 Å². The number of carbonyl (C=O) groups excluding carboxylic acids is 1. The predicted molar refractivity (Wildman–Crippen MR) is 99.0 cm³/mol. The Labute approximate surface area is 148 Å². The Bertz CT molecular complexity index is 732. The molecule has 1 saturated heterocycles. The Morgan fingerprint density at radius 1 is 1.28 bits per heavy atom. The number of amides is 2. The second kappa shape index (κ2) is 8.21. The molecular weight excluding hydrogens is 316 g/mol. The molecule has 5 nitrogen and oxygen atoms in total. The molecule has 1 aliphatic heterocycles. The second-order valence-electron chi connectivity index (χ2n) is 6.48. The fourth-order valence-corrected chi connectivity index (χ4v) is 3.62. The molecule has 134 valence electrons. The number of nitrogens with zero attached hydrogens (tertiary/aromatic N) is 1. The Morgan fingerprint density at radius 3 is 2.92 bits per heavy atom. The lowest BCUT2D eigenvalue weighted by molar-refractivity contribution is 0.108. The number of rotatable bonds is 5. The van der Waals surface area contributed by atoms with Crippen molar-refractivity contribution in [3.05, 3.63) is 42.0 Å². The number of benzene rings is 2. The molecule has 0 bridgehead atoms. The molecule has 25 heavy (non-hydrogen) atoms. The van der Waals surface area contributed by atoms with Gasteiger partial charge in [-0.2, -0.15) is 0 Å². The highest BCUT2D eigenvalue weighted by Gasteiger charge is 2.25. The van der Waals surface area contributed by atoms with Crippen LogP contribution in [0.2, 0.25) is 0 Å². The van der Waals surface area contributed by atoms with Gasteiger partial charge in [-0.15, -0.1) is 0 Å². The van der Waals surface area contributed by atoms with Crippen molar-refractivity contribution < 1.29 is 14.6 Å². The number of carbonyl (C=O) groups is 1. The molecule has 5 heteroatoms. The van der Waals surface area contributed by atoms with Crippen LogP contribution in [0.4, 0.5) is 4.79 Å². The summed E-state index contributed by atoms with van der Waals surface area (Å²) in [6, 6.07) is 12.1. The molecule has 0 unspecified atom stereocenters. The lowest BCUT2D eigenvalue weighted by Crippen LogP contribution is -2.50. The normalized spacial score (nSPS) is 17.5. The number of likely N-dealkylation sites (tertiary alicyclic amines) is 1. The monoisotopic (exact) mass is 342 g/mol. The first-order chi connectivity index (χ1) is 12.2. The van der Waals surface area contributed by atoms with E-state index in [1.165, 1.54) is 5.39 Å². The molecule has 1 atom stereocenters. The minimum atomic E-state index is -0.0852. The zero-order valence-electron chi connectivity index (χ0n) is 14.7. The van der Waals surface area contributed by atoms with E-state index in [0.29, 0.717) is 19.5 Å². The maximum atomic E-state index is 12.4. The first-order valence-corrected chi connectivity index (χ1v) is 8.94. The Balaban J connectivity index is 1.67. The molecular formula is C20H26N2O3. The average molecular weight is 342 g/mol. The number of aliphatic hydroxyl groups is 1. The van der Waals surface area contributed by atoms with E-state index in [9.17, 15) is 9.90 Å². The number of hydrogen-bond donors (Lipinski definition) is 2. The molecule has 3 rings (SSSR count). The summed E-state index contributed by atoms with van der Waals surface area (Å²) in [6.07, 6.45) is 3.65. The SMILES string of the molecule is COc1ccc2ccccc2c1CCNC(=O)N1CCCC[C@H]1CO. The number of methoxy groups -OCH3 is 1. The fourth-order valence-electron chi connectivity index (χ4n) is 3.62. The predicted octanol–water partition coefficient (Wildman–Crippen LogP) is 2.95. The van der Waals surface area contributed by atoms with Gasteiger partial charge in [0.1, 0.15) is 5.75 Å². The number of urea groups is 1. The summed E-state index contributed by atoms with van der Waals surface area (Å²) in [7, 11) is 1.67. The Kier molecular flexibility index (Phi) is 5.76. The summed E-state index contributed by atoms with van der Waals surface area (Å²) in [5.41, 5.74) is 1.11. The van der Waals surface area contributed by atoms with Crippen molar-refractivity contribution >= 4 is 16.8 Å². The van der Waals surface area contributed by atoms with Gasteiger partial charge >= 0.3 is 6.03 Å². The van der Waals surface area contributed by atoms with Crippen LogP contribution in [0.25, 0.3) is 10.8 Å². The van der Waals surface area contributed by atoms with Crippen LogP contribution in [0, 0.1) is 0 Å². The van der Waals surface area contributed by atoms with Gasteiger partial charge in [-0.1, -0.05) is 30.3 Å². The van der Waals surface area contributed by atoms with Crippen LogP contribution >= 0.6 is 0 Å². The van der Waals surface area contributed by atoms with Crippen LogP contribution in [0.5, 0.6) is 5.75 Å². The van der Waals surface area contributed by atoms with E-state index in [1.54, 1.807) is 12.0 Å². The molecule has 0 radical (unpaired) electrons. The molecule has 0 spiro atoms. The first-order valence-electron chi connectivity index (χ1n) is 8.94. The second-order valence-corrected chi connectivity index (χ2v) is 6.48. The van der Waals surface area contributed by atoms with Crippen molar-refractivity contribution in [2.24, 2.45) is 0 Å². The summed E-state index contributed by atoms with van der Waals surface area (Å²) < 4.78 is 5.51. The topological polar surface area (TPSA) is 61.8 Å².